The fourth-order valence-electron chi connectivity index (χ4n) is 7.46. The summed E-state index contributed by atoms with van der Waals surface area (Å²) in [5.41, 5.74) is 3.27. The lowest BCUT2D eigenvalue weighted by atomic mass is 9.99. The molecule has 5 aromatic rings. The molecule has 3 heterocycles. The molecule has 0 saturated carbocycles. The van der Waals surface area contributed by atoms with Crippen LogP contribution in [0.25, 0.3) is 16.6 Å². The van der Waals surface area contributed by atoms with Gasteiger partial charge in [-0.3, -0.25) is 33.3 Å². The summed E-state index contributed by atoms with van der Waals surface area (Å²) < 4.78 is 6.98. The first-order valence-corrected chi connectivity index (χ1v) is 21.1. The van der Waals surface area contributed by atoms with Crippen molar-refractivity contribution in [1.82, 2.24) is 51.2 Å². The molecule has 17 nitrogen and oxygen atoms in total. The van der Waals surface area contributed by atoms with E-state index >= 15 is 0 Å². The molecule has 1 aliphatic rings. The number of ether oxygens (including phenoxy) is 1. The summed E-state index contributed by atoms with van der Waals surface area (Å²) in [5, 5.41) is 22.9. The summed E-state index contributed by atoms with van der Waals surface area (Å²) in [7, 11) is 1.54. The fourth-order valence-corrected chi connectivity index (χ4v) is 7.46. The number of benzene rings is 3. The number of hydrogen-bond donors (Lipinski definition) is 6. The zero-order chi connectivity index (χ0) is 45.2. The summed E-state index contributed by atoms with van der Waals surface area (Å²) in [6, 6.07) is 16.1. The molecular weight excluding hydrogens is 805 g/mol. The van der Waals surface area contributed by atoms with Crippen LogP contribution in [0.5, 0.6) is 5.75 Å². The molecule has 0 bridgehead atoms. The Morgan fingerprint density at radius 1 is 0.746 bits per heavy atom. The van der Waals surface area contributed by atoms with Crippen LogP contribution in [-0.2, 0) is 36.8 Å². The molecule has 0 spiro atoms. The van der Waals surface area contributed by atoms with Crippen molar-refractivity contribution in [1.29, 1.82) is 0 Å². The molecule has 6 N–H and O–H groups in total. The first-order valence-electron chi connectivity index (χ1n) is 21.1. The first-order chi connectivity index (χ1) is 30.2. The van der Waals surface area contributed by atoms with E-state index in [9.17, 15) is 28.8 Å². The Balaban J connectivity index is 1.37. The van der Waals surface area contributed by atoms with E-state index in [1.807, 2.05) is 52.0 Å². The van der Waals surface area contributed by atoms with Gasteiger partial charge in [-0.05, 0) is 78.8 Å². The highest BCUT2D eigenvalue weighted by molar-refractivity contribution is 5.99. The third kappa shape index (κ3) is 11.9. The predicted molar refractivity (Wildman–Crippen MR) is 236 cm³/mol. The zero-order valence-electron chi connectivity index (χ0n) is 36.4. The number of H-pyrrole nitrogens is 1. The van der Waals surface area contributed by atoms with Gasteiger partial charge in [0.25, 0.3) is 5.91 Å². The summed E-state index contributed by atoms with van der Waals surface area (Å²) in [6.07, 6.45) is 5.13. The molecule has 0 unspecified atom stereocenters. The van der Waals surface area contributed by atoms with Gasteiger partial charge in [-0.1, -0.05) is 58.0 Å². The van der Waals surface area contributed by atoms with Crippen LogP contribution in [0.15, 0.2) is 91.6 Å². The van der Waals surface area contributed by atoms with Gasteiger partial charge in [0, 0.05) is 53.8 Å². The van der Waals surface area contributed by atoms with E-state index in [-0.39, 0.29) is 43.2 Å². The number of hydrogen-bond acceptors (Lipinski definition) is 9. The van der Waals surface area contributed by atoms with Gasteiger partial charge in [0.15, 0.2) is 0 Å². The van der Waals surface area contributed by atoms with Gasteiger partial charge in [0.1, 0.15) is 42.6 Å². The zero-order valence-corrected chi connectivity index (χ0v) is 36.4. The number of carbonyl (C=O) groups is 6. The van der Waals surface area contributed by atoms with Gasteiger partial charge in [-0.15, -0.1) is 10.2 Å². The highest BCUT2D eigenvalue weighted by Crippen LogP contribution is 2.21. The van der Waals surface area contributed by atoms with Crippen LogP contribution in [0, 0.1) is 11.8 Å². The van der Waals surface area contributed by atoms with E-state index in [0.29, 0.717) is 17.0 Å². The van der Waals surface area contributed by atoms with Crippen molar-refractivity contribution >= 4 is 46.3 Å². The lowest BCUT2D eigenvalue weighted by molar-refractivity contribution is -0.135. The fraction of sp³-hybridized carbons (Fsp3) is 0.391. The number of amides is 6. The summed E-state index contributed by atoms with van der Waals surface area (Å²) in [5.74, 6) is -3.23. The largest absolute Gasteiger partial charge is 0.497 e. The molecule has 1 saturated heterocycles. The second kappa shape index (κ2) is 20.7. The minimum absolute atomic E-state index is 0.0428. The molecule has 6 rings (SSSR count). The first kappa shape index (κ1) is 45.5. The number of carbonyl (C=O) groups excluding carboxylic acids is 6. The number of fused-ring (bicyclic) bond motifs is 1. The van der Waals surface area contributed by atoms with E-state index in [2.05, 4.69) is 41.8 Å². The highest BCUT2D eigenvalue weighted by atomic mass is 16.5. The Labute approximate surface area is 366 Å². The topological polar surface area (TPSA) is 222 Å². The number of methoxy groups -OCH3 is 1. The van der Waals surface area contributed by atoms with Gasteiger partial charge in [-0.2, -0.15) is 0 Å². The number of para-hydroxylation sites is 1. The molecule has 0 radical (unpaired) electrons. The van der Waals surface area contributed by atoms with Crippen LogP contribution in [-0.4, -0.2) is 110 Å². The standard InChI is InChI=1S/C46H56N10O7/c1-27(2)19-37-44(60)53-38(20-30-11-17-34(63-6)18-12-30)43(59)50-29(5)42(58)54-40(28(3)4)23-55(46(62)31-13-15-33(16-14-31)56-25-48-49-26-56)24-41(57)51-39(45(61)52-37)21-32-22-47-36-10-8-7-9-35(32)36/h7-18,22,25-29,37-40,47H,19-21,23-24H2,1-6H3,(H,50,59)(H,51,57)(H,52,61)(H,53,60)(H,54,58)/t29-,37+,38+,39-,40-/m1/s1. The van der Waals surface area contributed by atoms with E-state index in [0.717, 1.165) is 16.5 Å². The maximum Gasteiger partial charge on any atom is 0.254 e. The second-order valence-electron chi connectivity index (χ2n) is 16.7. The number of rotatable bonds is 10. The number of aromatic amines is 1. The van der Waals surface area contributed by atoms with Gasteiger partial charge >= 0.3 is 0 Å². The van der Waals surface area contributed by atoms with Crippen LogP contribution < -0.4 is 31.3 Å². The normalized spacial score (nSPS) is 20.9. The van der Waals surface area contributed by atoms with Gasteiger partial charge in [0.2, 0.25) is 29.5 Å². The predicted octanol–water partition coefficient (Wildman–Crippen LogP) is 2.84. The SMILES string of the molecule is COc1ccc(C[C@@H]2NC(=O)[C@H](CC(C)C)NC(=O)[C@@H](Cc3c[nH]c4ccccc34)NC(=O)CN(C(=O)c3ccc(-n4cnnc4)cc3)C[C@H](C(C)C)NC(=O)[C@@H](C)NC2=O)cc1. The maximum atomic E-state index is 14.5. The van der Waals surface area contributed by atoms with Crippen LogP contribution >= 0.6 is 0 Å². The molecule has 1 aliphatic heterocycles. The molecule has 17 heteroatoms. The molecule has 2 aromatic heterocycles. The lowest BCUT2D eigenvalue weighted by Crippen LogP contribution is -2.60. The van der Waals surface area contributed by atoms with Gasteiger partial charge < -0.3 is 41.2 Å². The van der Waals surface area contributed by atoms with Crippen molar-refractivity contribution < 1.29 is 33.5 Å². The minimum atomic E-state index is -1.20. The van der Waals surface area contributed by atoms with Gasteiger partial charge in [0.05, 0.1) is 13.7 Å². The number of aromatic nitrogens is 4. The molecule has 5 atom stereocenters. The molecule has 63 heavy (non-hydrogen) atoms. The van der Waals surface area contributed by atoms with Crippen LogP contribution in [0.1, 0.15) is 62.5 Å². The average molecular weight is 861 g/mol. The lowest BCUT2D eigenvalue weighted by Gasteiger charge is -2.32. The van der Waals surface area contributed by atoms with Crippen molar-refractivity contribution in [3.8, 4) is 11.4 Å². The van der Waals surface area contributed by atoms with Crippen molar-refractivity contribution in [2.24, 2.45) is 11.8 Å². The molecule has 332 valence electrons. The smallest absolute Gasteiger partial charge is 0.254 e. The second-order valence-corrected chi connectivity index (χ2v) is 16.7. The summed E-state index contributed by atoms with van der Waals surface area (Å²) in [4.78, 5) is 89.9. The minimum Gasteiger partial charge on any atom is -0.497 e. The highest BCUT2D eigenvalue weighted by Gasteiger charge is 2.34. The molecule has 6 amide bonds. The van der Waals surface area contributed by atoms with Crippen molar-refractivity contribution in [2.45, 2.75) is 84.1 Å². The Kier molecular flexibility index (Phi) is 14.9. The summed E-state index contributed by atoms with van der Waals surface area (Å²) >= 11 is 0. The van der Waals surface area contributed by atoms with E-state index in [4.69, 9.17) is 4.74 Å². The Morgan fingerprint density at radius 2 is 1.38 bits per heavy atom. The van der Waals surface area contributed by atoms with Gasteiger partial charge in [-0.25, -0.2) is 0 Å². The van der Waals surface area contributed by atoms with Crippen LogP contribution in [0.4, 0.5) is 0 Å². The van der Waals surface area contributed by atoms with Crippen molar-refractivity contribution in [3.63, 3.8) is 0 Å². The van der Waals surface area contributed by atoms with E-state index in [1.165, 1.54) is 24.5 Å². The molecule has 0 aliphatic carbocycles. The quantitative estimate of drug-likeness (QED) is 0.121. The summed E-state index contributed by atoms with van der Waals surface area (Å²) in [6.45, 7) is 8.50. The Hall–Kier alpha value is -7.04. The van der Waals surface area contributed by atoms with Crippen LogP contribution in [0.3, 0.4) is 0 Å². The molecule has 1 fully saturated rings. The Bertz CT molecular complexity index is 2380. The third-order valence-electron chi connectivity index (χ3n) is 11.1. The van der Waals surface area contributed by atoms with Crippen molar-refractivity contribution in [3.05, 3.63) is 108 Å². The molecule has 3 aromatic carbocycles. The average Bonchev–Trinajstić information content (AvgIpc) is 3.96. The maximum absolute atomic E-state index is 14.5. The number of nitrogens with zero attached hydrogens (tertiary/aromatic N) is 4. The van der Waals surface area contributed by atoms with Crippen LogP contribution in [0.2, 0.25) is 0 Å². The van der Waals surface area contributed by atoms with E-state index in [1.54, 1.807) is 66.4 Å². The molecular formula is C46H56N10O7. The van der Waals surface area contributed by atoms with Crippen molar-refractivity contribution in [2.75, 3.05) is 20.2 Å². The monoisotopic (exact) mass is 860 g/mol. The third-order valence-corrected chi connectivity index (χ3v) is 11.1. The van der Waals surface area contributed by atoms with E-state index < -0.39 is 72.2 Å². The Morgan fingerprint density at radius 3 is 2.05 bits per heavy atom. The number of nitrogens with one attached hydrogen (secondary N) is 6.